The van der Waals surface area contributed by atoms with Crippen LogP contribution in [-0.4, -0.2) is 39.2 Å². The van der Waals surface area contributed by atoms with Gasteiger partial charge in [0, 0.05) is 18.9 Å². The van der Waals surface area contributed by atoms with Crippen molar-refractivity contribution in [2.75, 3.05) is 19.1 Å². The average Bonchev–Trinajstić information content (AvgIpc) is 2.74. The summed E-state index contributed by atoms with van der Waals surface area (Å²) >= 11 is 0. The molecule has 0 bridgehead atoms. The molecule has 8 nitrogen and oxygen atoms in total. The Morgan fingerprint density at radius 1 is 0.929 bits per heavy atom. The molecule has 140 valence electrons. The van der Waals surface area contributed by atoms with Crippen molar-refractivity contribution >= 4 is 22.4 Å². The third kappa shape index (κ3) is 3.48. The molecule has 0 radical (unpaired) electrons. The summed E-state index contributed by atoms with van der Waals surface area (Å²) in [6.45, 7) is 0. The monoisotopic (exact) mass is 375 g/mol. The van der Waals surface area contributed by atoms with E-state index < -0.39 is 0 Å². The molecule has 0 atom stereocenters. The first-order chi connectivity index (χ1) is 13.6. The van der Waals surface area contributed by atoms with Gasteiger partial charge in [-0.15, -0.1) is 0 Å². The van der Waals surface area contributed by atoms with Crippen molar-refractivity contribution in [3.8, 4) is 23.4 Å². The van der Waals surface area contributed by atoms with E-state index in [1.165, 1.54) is 6.20 Å². The lowest BCUT2D eigenvalue weighted by Gasteiger charge is -2.18. The molecule has 1 N–H and O–H groups in total. The molecule has 3 aromatic heterocycles. The lowest BCUT2D eigenvalue weighted by Crippen LogP contribution is -2.10. The van der Waals surface area contributed by atoms with Gasteiger partial charge in [0.15, 0.2) is 0 Å². The van der Waals surface area contributed by atoms with Crippen molar-refractivity contribution in [3.05, 3.63) is 61.1 Å². The maximum absolute atomic E-state index is 10.0. The van der Waals surface area contributed by atoms with Crippen LogP contribution >= 0.6 is 0 Å². The number of aromatic hydroxyl groups is 1. The maximum atomic E-state index is 10.0. The predicted octanol–water partition coefficient (Wildman–Crippen LogP) is 3.69. The van der Waals surface area contributed by atoms with Gasteiger partial charge in [-0.25, -0.2) is 4.98 Å². The second-order valence-electron chi connectivity index (χ2n) is 5.93. The Morgan fingerprint density at radius 2 is 1.71 bits per heavy atom. The SMILES string of the molecule is COc1ccc(N(C)c2ccc(Oc3nc(O)c4ccncc4n3)cn2)cc1. The number of ether oxygens (including phenoxy) is 2. The number of rotatable bonds is 5. The van der Waals surface area contributed by atoms with Crippen molar-refractivity contribution in [1.82, 2.24) is 19.9 Å². The van der Waals surface area contributed by atoms with Crippen LogP contribution in [0.2, 0.25) is 0 Å². The van der Waals surface area contributed by atoms with Crippen LogP contribution in [0.25, 0.3) is 10.9 Å². The Bertz CT molecular complexity index is 1100. The van der Waals surface area contributed by atoms with E-state index in [1.54, 1.807) is 31.6 Å². The van der Waals surface area contributed by atoms with E-state index in [2.05, 4.69) is 19.9 Å². The molecule has 4 aromatic rings. The number of aromatic nitrogens is 4. The molecule has 0 saturated heterocycles. The molecule has 0 amide bonds. The molecule has 3 heterocycles. The Labute approximate surface area is 161 Å². The van der Waals surface area contributed by atoms with Crippen LogP contribution in [0, 0.1) is 0 Å². The van der Waals surface area contributed by atoms with Crippen molar-refractivity contribution < 1.29 is 14.6 Å². The average molecular weight is 375 g/mol. The molecule has 1 aromatic carbocycles. The standard InChI is InChI=1S/C20H17N5O3/c1-25(13-3-5-14(27-2)6-4-13)18-8-7-15(11-22-18)28-20-23-17-12-21-10-9-16(17)19(26)24-20/h3-12H,1-2H3,(H,23,24,26). The number of hydrogen-bond acceptors (Lipinski definition) is 8. The Morgan fingerprint density at radius 3 is 2.43 bits per heavy atom. The highest BCUT2D eigenvalue weighted by Crippen LogP contribution is 2.28. The highest BCUT2D eigenvalue weighted by molar-refractivity contribution is 5.82. The molecule has 4 rings (SSSR count). The molecule has 0 aliphatic carbocycles. The topological polar surface area (TPSA) is 93.5 Å². The fraction of sp³-hybridized carbons (Fsp3) is 0.100. The maximum Gasteiger partial charge on any atom is 0.325 e. The van der Waals surface area contributed by atoms with E-state index in [0.29, 0.717) is 16.7 Å². The van der Waals surface area contributed by atoms with Gasteiger partial charge in [0.25, 0.3) is 0 Å². The summed E-state index contributed by atoms with van der Waals surface area (Å²) in [4.78, 5) is 18.6. The lowest BCUT2D eigenvalue weighted by atomic mass is 10.2. The third-order valence-electron chi connectivity index (χ3n) is 4.19. The molecule has 0 aliphatic heterocycles. The summed E-state index contributed by atoms with van der Waals surface area (Å²) in [6.07, 6.45) is 4.67. The van der Waals surface area contributed by atoms with Crippen LogP contribution in [0.3, 0.4) is 0 Å². The minimum Gasteiger partial charge on any atom is -0.497 e. The van der Waals surface area contributed by atoms with E-state index in [1.807, 2.05) is 42.3 Å². The molecular formula is C20H17N5O3. The van der Waals surface area contributed by atoms with E-state index in [9.17, 15) is 5.11 Å². The summed E-state index contributed by atoms with van der Waals surface area (Å²) in [6, 6.07) is 12.9. The molecule has 8 heteroatoms. The number of nitrogens with zero attached hydrogens (tertiary/aromatic N) is 5. The number of anilines is 2. The second kappa shape index (κ2) is 7.36. The van der Waals surface area contributed by atoms with Crippen LogP contribution in [0.15, 0.2) is 61.1 Å². The lowest BCUT2D eigenvalue weighted by molar-refractivity contribution is 0.411. The van der Waals surface area contributed by atoms with Gasteiger partial charge in [-0.05, 0) is 42.5 Å². The Balaban J connectivity index is 1.53. The zero-order chi connectivity index (χ0) is 19.5. The van der Waals surface area contributed by atoms with E-state index >= 15 is 0 Å². The van der Waals surface area contributed by atoms with Crippen LogP contribution < -0.4 is 14.4 Å². The largest absolute Gasteiger partial charge is 0.497 e. The van der Waals surface area contributed by atoms with Gasteiger partial charge in [-0.3, -0.25) is 4.98 Å². The first kappa shape index (κ1) is 17.5. The van der Waals surface area contributed by atoms with Crippen LogP contribution in [0.4, 0.5) is 11.5 Å². The van der Waals surface area contributed by atoms with E-state index in [-0.39, 0.29) is 11.9 Å². The van der Waals surface area contributed by atoms with Gasteiger partial charge in [0.1, 0.15) is 17.3 Å². The van der Waals surface area contributed by atoms with E-state index in [0.717, 1.165) is 17.3 Å². The number of benzene rings is 1. The number of hydrogen-bond donors (Lipinski definition) is 1. The van der Waals surface area contributed by atoms with Crippen LogP contribution in [-0.2, 0) is 0 Å². The fourth-order valence-corrected chi connectivity index (χ4v) is 2.66. The van der Waals surface area contributed by atoms with Crippen molar-refractivity contribution in [2.24, 2.45) is 0 Å². The minimum absolute atomic E-state index is 0.0241. The quantitative estimate of drug-likeness (QED) is 0.564. The first-order valence-electron chi connectivity index (χ1n) is 8.46. The molecular weight excluding hydrogens is 358 g/mol. The number of fused-ring (bicyclic) bond motifs is 1. The zero-order valence-electron chi connectivity index (χ0n) is 15.3. The fourth-order valence-electron chi connectivity index (χ4n) is 2.66. The summed E-state index contributed by atoms with van der Waals surface area (Å²) in [5, 5.41) is 10.5. The smallest absolute Gasteiger partial charge is 0.325 e. The Hall–Kier alpha value is -3.94. The van der Waals surface area contributed by atoms with Crippen molar-refractivity contribution in [2.45, 2.75) is 0 Å². The summed E-state index contributed by atoms with van der Waals surface area (Å²) < 4.78 is 10.8. The molecule has 0 aliphatic rings. The normalized spacial score (nSPS) is 10.6. The minimum atomic E-state index is -0.161. The predicted molar refractivity (Wildman–Crippen MR) is 104 cm³/mol. The molecule has 28 heavy (non-hydrogen) atoms. The highest BCUT2D eigenvalue weighted by Gasteiger charge is 2.10. The van der Waals surface area contributed by atoms with Crippen LogP contribution in [0.1, 0.15) is 0 Å². The van der Waals surface area contributed by atoms with Crippen molar-refractivity contribution in [3.63, 3.8) is 0 Å². The first-order valence-corrected chi connectivity index (χ1v) is 8.46. The molecule has 0 spiro atoms. The van der Waals surface area contributed by atoms with Gasteiger partial charge in [-0.2, -0.15) is 9.97 Å². The zero-order valence-corrected chi connectivity index (χ0v) is 15.3. The summed E-state index contributed by atoms with van der Waals surface area (Å²) in [5.41, 5.74) is 1.46. The third-order valence-corrected chi connectivity index (χ3v) is 4.19. The number of methoxy groups -OCH3 is 1. The summed E-state index contributed by atoms with van der Waals surface area (Å²) in [5.74, 6) is 1.83. The van der Waals surface area contributed by atoms with Crippen molar-refractivity contribution in [1.29, 1.82) is 0 Å². The van der Waals surface area contributed by atoms with Gasteiger partial charge >= 0.3 is 6.01 Å². The molecule has 0 saturated carbocycles. The Kier molecular flexibility index (Phi) is 4.59. The van der Waals surface area contributed by atoms with Gasteiger partial charge in [0.05, 0.1) is 30.4 Å². The van der Waals surface area contributed by atoms with Gasteiger partial charge in [0.2, 0.25) is 5.88 Å². The van der Waals surface area contributed by atoms with E-state index in [4.69, 9.17) is 9.47 Å². The molecule has 0 unspecified atom stereocenters. The van der Waals surface area contributed by atoms with Gasteiger partial charge < -0.3 is 19.5 Å². The second-order valence-corrected chi connectivity index (χ2v) is 5.93. The van der Waals surface area contributed by atoms with Crippen LogP contribution in [0.5, 0.6) is 23.4 Å². The number of pyridine rings is 2. The molecule has 0 fully saturated rings. The van der Waals surface area contributed by atoms with Gasteiger partial charge in [-0.1, -0.05) is 0 Å². The summed E-state index contributed by atoms with van der Waals surface area (Å²) in [7, 11) is 3.55. The highest BCUT2D eigenvalue weighted by atomic mass is 16.5.